The number of ether oxygens (including phenoxy) is 2. The molecule has 2 atom stereocenters. The fourth-order valence-corrected chi connectivity index (χ4v) is 3.07. The Kier molecular flexibility index (Phi) is 11.0. The van der Waals surface area contributed by atoms with Crippen molar-refractivity contribution in [2.24, 2.45) is 0 Å². The Morgan fingerprint density at radius 1 is 1.04 bits per heavy atom. The van der Waals surface area contributed by atoms with Gasteiger partial charge in [0.2, 0.25) is 5.91 Å². The first kappa shape index (κ1) is 23.4. The van der Waals surface area contributed by atoms with Gasteiger partial charge in [-0.1, -0.05) is 65.2 Å². The third kappa shape index (κ3) is 8.28. The first-order chi connectivity index (χ1) is 12.9. The van der Waals surface area contributed by atoms with Crippen LogP contribution in [0.3, 0.4) is 0 Å². The van der Waals surface area contributed by atoms with Gasteiger partial charge >= 0.3 is 11.9 Å². The highest BCUT2D eigenvalue weighted by molar-refractivity contribution is 5.92. The van der Waals surface area contributed by atoms with Gasteiger partial charge in [0.1, 0.15) is 0 Å². The van der Waals surface area contributed by atoms with Gasteiger partial charge in [0.25, 0.3) is 5.72 Å². The zero-order chi connectivity index (χ0) is 20.1. The van der Waals surface area contributed by atoms with Crippen LogP contribution in [-0.4, -0.2) is 41.4 Å². The zero-order valence-electron chi connectivity index (χ0n) is 16.8. The average Bonchev–Trinajstić information content (AvgIpc) is 2.92. The maximum atomic E-state index is 12.0. The van der Waals surface area contributed by atoms with E-state index in [0.717, 1.165) is 12.8 Å². The summed E-state index contributed by atoms with van der Waals surface area (Å²) in [5.74, 6) is -2.05. The molecule has 1 aliphatic heterocycles. The predicted molar refractivity (Wildman–Crippen MR) is 101 cm³/mol. The molecule has 1 rings (SSSR count). The van der Waals surface area contributed by atoms with Crippen molar-refractivity contribution in [1.82, 2.24) is 5.32 Å². The minimum atomic E-state index is -2.29. The van der Waals surface area contributed by atoms with E-state index in [1.807, 2.05) is 6.92 Å². The fraction of sp³-hybridized carbons (Fsp3) is 0.850. The third-order valence-corrected chi connectivity index (χ3v) is 4.67. The van der Waals surface area contributed by atoms with Crippen molar-refractivity contribution in [1.29, 1.82) is 0 Å². The summed E-state index contributed by atoms with van der Waals surface area (Å²) in [6, 6.07) is 0. The number of hydrogen-bond donors (Lipinski definition) is 2. The zero-order valence-corrected chi connectivity index (χ0v) is 16.8. The largest absolute Gasteiger partial charge is 0.462 e. The summed E-state index contributed by atoms with van der Waals surface area (Å²) in [6.45, 7) is 4.13. The van der Waals surface area contributed by atoms with E-state index >= 15 is 0 Å². The molecule has 0 spiro atoms. The van der Waals surface area contributed by atoms with Crippen molar-refractivity contribution < 1.29 is 29.0 Å². The molecule has 0 radical (unpaired) electrons. The fourth-order valence-electron chi connectivity index (χ4n) is 3.07. The molecule has 0 saturated carbocycles. The molecule has 156 valence electrons. The number of aliphatic hydroxyl groups is 1. The molecular formula is C20H35NO6. The van der Waals surface area contributed by atoms with Crippen LogP contribution in [0.15, 0.2) is 0 Å². The summed E-state index contributed by atoms with van der Waals surface area (Å²) < 4.78 is 10.1. The van der Waals surface area contributed by atoms with Gasteiger partial charge in [-0.15, -0.1) is 0 Å². The summed E-state index contributed by atoms with van der Waals surface area (Å²) >= 11 is 0. The van der Waals surface area contributed by atoms with Crippen LogP contribution in [0.25, 0.3) is 0 Å². The lowest BCUT2D eigenvalue weighted by atomic mass is 10.1. The molecule has 1 amide bonds. The van der Waals surface area contributed by atoms with Crippen LogP contribution in [0.4, 0.5) is 0 Å². The van der Waals surface area contributed by atoms with Gasteiger partial charge in [0.15, 0.2) is 6.10 Å². The predicted octanol–water partition coefficient (Wildman–Crippen LogP) is 2.98. The van der Waals surface area contributed by atoms with Crippen LogP contribution < -0.4 is 5.32 Å². The monoisotopic (exact) mass is 385 g/mol. The molecule has 0 aromatic rings. The van der Waals surface area contributed by atoms with Crippen LogP contribution >= 0.6 is 0 Å². The van der Waals surface area contributed by atoms with E-state index in [1.165, 1.54) is 38.5 Å². The van der Waals surface area contributed by atoms with Crippen molar-refractivity contribution in [3.63, 3.8) is 0 Å². The maximum absolute atomic E-state index is 12.0. The maximum Gasteiger partial charge on any atom is 0.363 e. The van der Waals surface area contributed by atoms with Crippen molar-refractivity contribution in [3.05, 3.63) is 0 Å². The first-order valence-corrected chi connectivity index (χ1v) is 10.3. The van der Waals surface area contributed by atoms with Crippen LogP contribution in [0, 0.1) is 0 Å². The number of nitrogens with one attached hydrogen (secondary N) is 1. The third-order valence-electron chi connectivity index (χ3n) is 4.67. The average molecular weight is 386 g/mol. The number of unbranched alkanes of at least 4 members (excludes halogenated alkanes) is 8. The molecule has 1 saturated heterocycles. The van der Waals surface area contributed by atoms with Crippen molar-refractivity contribution in [3.8, 4) is 0 Å². The second-order valence-corrected chi connectivity index (χ2v) is 7.21. The van der Waals surface area contributed by atoms with Crippen LogP contribution in [0.1, 0.15) is 90.9 Å². The van der Waals surface area contributed by atoms with Gasteiger partial charge < -0.3 is 19.9 Å². The van der Waals surface area contributed by atoms with E-state index in [-0.39, 0.29) is 19.4 Å². The lowest BCUT2D eigenvalue weighted by Crippen LogP contribution is -2.57. The molecule has 1 heterocycles. The Labute approximate surface area is 162 Å². The number of esters is 2. The van der Waals surface area contributed by atoms with E-state index in [2.05, 4.69) is 12.2 Å². The highest BCUT2D eigenvalue weighted by atomic mass is 16.6. The van der Waals surface area contributed by atoms with Crippen molar-refractivity contribution in [2.45, 2.75) is 103 Å². The molecular weight excluding hydrogens is 350 g/mol. The second kappa shape index (κ2) is 12.7. The lowest BCUT2D eigenvalue weighted by Gasteiger charge is -2.26. The lowest BCUT2D eigenvalue weighted by molar-refractivity contribution is -0.187. The minimum absolute atomic E-state index is 0.121. The van der Waals surface area contributed by atoms with E-state index in [4.69, 9.17) is 9.47 Å². The summed E-state index contributed by atoms with van der Waals surface area (Å²) in [5, 5.41) is 12.6. The topological polar surface area (TPSA) is 102 Å². The van der Waals surface area contributed by atoms with Gasteiger partial charge in [-0.2, -0.15) is 0 Å². The molecule has 27 heavy (non-hydrogen) atoms. The number of rotatable bonds is 14. The first-order valence-electron chi connectivity index (χ1n) is 10.3. The van der Waals surface area contributed by atoms with Crippen molar-refractivity contribution in [2.75, 3.05) is 6.61 Å². The Morgan fingerprint density at radius 3 is 2.22 bits per heavy atom. The number of carbonyl (C=O) groups excluding carboxylic acids is 3. The molecule has 1 unspecified atom stereocenters. The molecule has 0 bridgehead atoms. The van der Waals surface area contributed by atoms with Gasteiger partial charge in [-0.3, -0.25) is 9.59 Å². The van der Waals surface area contributed by atoms with Gasteiger partial charge in [-0.25, -0.2) is 4.79 Å². The SMILES string of the molecule is CCCCCCCCCCCC(=O)OC1CC(=O)N[C@]1(O)C(=O)OCCC. The second-order valence-electron chi connectivity index (χ2n) is 7.21. The van der Waals surface area contributed by atoms with Crippen LogP contribution in [-0.2, 0) is 23.9 Å². The Morgan fingerprint density at radius 2 is 1.63 bits per heavy atom. The summed E-state index contributed by atoms with van der Waals surface area (Å²) in [6.07, 6.45) is 9.51. The molecule has 2 N–H and O–H groups in total. The van der Waals surface area contributed by atoms with Gasteiger partial charge in [-0.05, 0) is 12.8 Å². The summed E-state index contributed by atoms with van der Waals surface area (Å²) in [5.41, 5.74) is -2.29. The Bertz CT molecular complexity index is 481. The van der Waals surface area contributed by atoms with Crippen molar-refractivity contribution >= 4 is 17.8 Å². The van der Waals surface area contributed by atoms with Gasteiger partial charge in [0, 0.05) is 6.42 Å². The Hall–Kier alpha value is -1.63. The standard InChI is InChI=1S/C20H35NO6/c1-3-5-6-7-8-9-10-11-12-13-18(23)27-16-15-17(22)21-20(16,25)19(24)26-14-4-2/h16,25H,3-15H2,1-2H3,(H,21,22)/t16?,20-/m1/s1. The number of hydrogen-bond acceptors (Lipinski definition) is 6. The van der Waals surface area contributed by atoms with Crippen LogP contribution in [0.2, 0.25) is 0 Å². The minimum Gasteiger partial charge on any atom is -0.462 e. The molecule has 0 aromatic heterocycles. The highest BCUT2D eigenvalue weighted by Gasteiger charge is 2.55. The quantitative estimate of drug-likeness (QED) is 0.352. The summed E-state index contributed by atoms with van der Waals surface area (Å²) in [4.78, 5) is 35.6. The van der Waals surface area contributed by atoms with Crippen LogP contribution in [0.5, 0.6) is 0 Å². The number of amides is 1. The normalized spacial score (nSPS) is 21.7. The molecule has 1 fully saturated rings. The van der Waals surface area contributed by atoms with E-state index in [1.54, 1.807) is 0 Å². The molecule has 7 nitrogen and oxygen atoms in total. The van der Waals surface area contributed by atoms with E-state index in [0.29, 0.717) is 12.8 Å². The molecule has 0 aliphatic carbocycles. The number of carbonyl (C=O) groups is 3. The molecule has 7 heteroatoms. The van der Waals surface area contributed by atoms with Gasteiger partial charge in [0.05, 0.1) is 13.0 Å². The highest BCUT2D eigenvalue weighted by Crippen LogP contribution is 2.24. The molecule has 0 aromatic carbocycles. The molecule has 1 aliphatic rings. The summed E-state index contributed by atoms with van der Waals surface area (Å²) in [7, 11) is 0. The van der Waals surface area contributed by atoms with E-state index < -0.39 is 29.7 Å². The van der Waals surface area contributed by atoms with E-state index in [9.17, 15) is 19.5 Å². The smallest absolute Gasteiger partial charge is 0.363 e. The Balaban J connectivity index is 2.27.